The number of hydrogen-bond acceptors (Lipinski definition) is 9. The highest BCUT2D eigenvalue weighted by molar-refractivity contribution is 5.71. The van der Waals surface area contributed by atoms with E-state index in [1.165, 1.54) is 91.4 Å². The summed E-state index contributed by atoms with van der Waals surface area (Å²) in [4.78, 5) is 38.7. The van der Waals surface area contributed by atoms with Gasteiger partial charge in [0, 0.05) is 14.1 Å². The van der Waals surface area contributed by atoms with Crippen LogP contribution < -0.4 is 9.47 Å². The summed E-state index contributed by atoms with van der Waals surface area (Å²) in [6.07, 6.45) is 20.0. The summed E-state index contributed by atoms with van der Waals surface area (Å²) in [6, 6.07) is 31.7. The third-order valence-corrected chi connectivity index (χ3v) is 17.0. The fraction of sp³-hybridized carbons (Fsp3) is 0.585. The van der Waals surface area contributed by atoms with Crippen LogP contribution in [0.15, 0.2) is 97.1 Å². The fourth-order valence-corrected chi connectivity index (χ4v) is 12.8. The Morgan fingerprint density at radius 1 is 0.573 bits per heavy atom. The molecule has 75 heavy (non-hydrogen) atoms. The summed E-state index contributed by atoms with van der Waals surface area (Å²) in [6.45, 7) is 9.56. The van der Waals surface area contributed by atoms with Crippen molar-refractivity contribution in [3.63, 3.8) is 0 Å². The van der Waals surface area contributed by atoms with Gasteiger partial charge in [-0.2, -0.15) is 0 Å². The Kier molecular flexibility index (Phi) is 22.4. The van der Waals surface area contributed by atoms with Crippen LogP contribution in [0.3, 0.4) is 0 Å². The number of unbranched alkanes of at least 4 members (excludes halogenated alkanes) is 4. The van der Waals surface area contributed by atoms with Crippen LogP contribution in [0.5, 0.6) is 11.5 Å². The van der Waals surface area contributed by atoms with E-state index >= 15 is 0 Å². The predicted molar refractivity (Wildman–Crippen MR) is 296 cm³/mol. The Hall–Kier alpha value is -5.35. The van der Waals surface area contributed by atoms with Crippen molar-refractivity contribution in [2.45, 2.75) is 169 Å². The Balaban J connectivity index is 0.000000221. The van der Waals surface area contributed by atoms with Gasteiger partial charge in [-0.15, -0.1) is 0 Å². The van der Waals surface area contributed by atoms with Gasteiger partial charge in [-0.05, 0) is 144 Å². The molecule has 0 saturated heterocycles. The van der Waals surface area contributed by atoms with Gasteiger partial charge < -0.3 is 33.7 Å². The van der Waals surface area contributed by atoms with Crippen LogP contribution in [-0.4, -0.2) is 67.6 Å². The van der Waals surface area contributed by atoms with E-state index in [2.05, 4.69) is 39.8 Å². The molecule has 0 spiro atoms. The molecule has 8 rings (SSSR count). The van der Waals surface area contributed by atoms with Crippen LogP contribution in [0.2, 0.25) is 0 Å². The molecule has 1 N–H and O–H groups in total. The van der Waals surface area contributed by atoms with Crippen LogP contribution >= 0.6 is 0 Å². The first-order chi connectivity index (χ1) is 36.4. The van der Waals surface area contributed by atoms with E-state index in [0.29, 0.717) is 41.4 Å². The summed E-state index contributed by atoms with van der Waals surface area (Å²) < 4.78 is 28.8. The smallest absolute Gasteiger partial charge is 0.409 e. The minimum atomic E-state index is -0.375. The molecule has 4 aliphatic carbocycles. The normalized spacial score (nSPS) is 22.9. The van der Waals surface area contributed by atoms with Crippen molar-refractivity contribution in [3.8, 4) is 11.5 Å². The van der Waals surface area contributed by atoms with Gasteiger partial charge in [0.1, 0.15) is 30.8 Å². The number of amides is 1. The summed E-state index contributed by atoms with van der Waals surface area (Å²) in [7, 11) is 3.50. The summed E-state index contributed by atoms with van der Waals surface area (Å²) in [5.41, 5.74) is 6.92. The van der Waals surface area contributed by atoms with Crippen LogP contribution in [-0.2, 0) is 62.7 Å². The SMILES string of the molecule is CCCCC[C@H](C)CC[C@@H]1[C@H]2Cc3cccc(OCC(=O)OCc4ccccc4)c3C[C@H]2C[C@H]1O.CCCCC[C@H](C)CC[C@@H]1[C@H]2Cc3cccc(OCC(=O)OCc4ccccc4)c3C[C@H]2C[C@H]1OC(=O)N(C)C. The topological polar surface area (TPSA) is 121 Å². The van der Waals surface area contributed by atoms with Crippen molar-refractivity contribution >= 4 is 18.0 Å². The van der Waals surface area contributed by atoms with Crippen molar-refractivity contribution < 1.29 is 43.2 Å². The third kappa shape index (κ3) is 16.8. The van der Waals surface area contributed by atoms with Gasteiger partial charge in [-0.25, -0.2) is 14.4 Å². The van der Waals surface area contributed by atoms with E-state index in [1.54, 1.807) is 14.1 Å². The molecular weight excluding hydrogens is 939 g/mol. The standard InChI is InChI=1S/C34H47NO5.C31H42O4/c1-5-6-8-12-24(2)17-18-28-29-19-26-15-11-16-31(38-23-33(36)39-22-25-13-9-7-10-14-25)30(26)20-27(29)21-32(28)40-34(37)35(3)4;1-3-4-6-10-22(2)15-16-26-27-17-24-13-9-14-30(28(24)18-25(27)19-29(26)32)34-21-31(33)35-20-23-11-7-5-8-12-23/h7,9-11,13-16,24,27-29,32H,5-6,8,12,17-23H2,1-4H3;5,7-9,11-14,22,25-27,29,32H,3-4,6,10,15-21H2,1-2H3/t24-,27-,28+,29-,32+;22-,25-,26+,27-,29+/m00/s1. The number of aliphatic hydroxyl groups is 1. The van der Waals surface area contributed by atoms with Crippen LogP contribution in [0.4, 0.5) is 4.79 Å². The molecule has 0 aromatic heterocycles. The van der Waals surface area contributed by atoms with Gasteiger partial charge in [-0.1, -0.05) is 177 Å². The van der Waals surface area contributed by atoms with Crippen molar-refractivity contribution in [3.05, 3.63) is 130 Å². The Bertz CT molecular complexity index is 2370. The van der Waals surface area contributed by atoms with Crippen molar-refractivity contribution in [1.82, 2.24) is 4.90 Å². The molecule has 0 bridgehead atoms. The maximum absolute atomic E-state index is 12.6. The van der Waals surface area contributed by atoms with Crippen molar-refractivity contribution in [2.24, 2.45) is 47.3 Å². The number of benzene rings is 4. The quantitative estimate of drug-likeness (QED) is 0.0393. The van der Waals surface area contributed by atoms with Crippen molar-refractivity contribution in [2.75, 3.05) is 27.3 Å². The number of nitrogens with zero attached hydrogens (tertiary/aromatic N) is 1. The highest BCUT2D eigenvalue weighted by atomic mass is 16.6. The number of esters is 2. The summed E-state index contributed by atoms with van der Waals surface area (Å²) in [5, 5.41) is 10.9. The monoisotopic (exact) mass is 1030 g/mol. The van der Waals surface area contributed by atoms with Gasteiger partial charge in [0.05, 0.1) is 6.10 Å². The number of ether oxygens (including phenoxy) is 5. The highest BCUT2D eigenvalue weighted by Gasteiger charge is 2.48. The first-order valence-corrected chi connectivity index (χ1v) is 28.8. The number of fused-ring (bicyclic) bond motifs is 4. The van der Waals surface area contributed by atoms with Crippen LogP contribution in [0.25, 0.3) is 0 Å². The van der Waals surface area contributed by atoms with E-state index in [4.69, 9.17) is 23.7 Å². The van der Waals surface area contributed by atoms with Crippen LogP contribution in [0.1, 0.15) is 151 Å². The Labute approximate surface area is 449 Å². The first-order valence-electron chi connectivity index (χ1n) is 28.8. The van der Waals surface area contributed by atoms with Crippen molar-refractivity contribution in [1.29, 1.82) is 0 Å². The predicted octanol–water partition coefficient (Wildman–Crippen LogP) is 13.7. The maximum Gasteiger partial charge on any atom is 0.409 e. The van der Waals surface area contributed by atoms with Crippen LogP contribution in [0, 0.1) is 47.3 Å². The van der Waals surface area contributed by atoms with E-state index in [1.807, 2.05) is 84.9 Å². The number of carbonyl (C=O) groups excluding carboxylic acids is 3. The number of hydrogen-bond donors (Lipinski definition) is 1. The molecule has 10 nitrogen and oxygen atoms in total. The molecule has 2 fully saturated rings. The second-order valence-electron chi connectivity index (χ2n) is 22.9. The molecule has 4 aromatic carbocycles. The second kappa shape index (κ2) is 29.2. The number of rotatable bonds is 25. The van der Waals surface area contributed by atoms with Gasteiger partial charge in [0.25, 0.3) is 0 Å². The van der Waals surface area contributed by atoms with E-state index in [-0.39, 0.29) is 56.7 Å². The van der Waals surface area contributed by atoms with Gasteiger partial charge >= 0.3 is 18.0 Å². The molecule has 4 aromatic rings. The summed E-state index contributed by atoms with van der Waals surface area (Å²) in [5.74, 6) is 4.99. The van der Waals surface area contributed by atoms with Gasteiger partial charge in [0.2, 0.25) is 0 Å². The molecule has 4 aliphatic rings. The first kappa shape index (κ1) is 57.4. The number of carbonyl (C=O) groups is 3. The van der Waals surface area contributed by atoms with Gasteiger partial charge in [-0.3, -0.25) is 0 Å². The lowest BCUT2D eigenvalue weighted by Crippen LogP contribution is -2.32. The molecule has 0 aliphatic heterocycles. The molecule has 0 unspecified atom stereocenters. The zero-order valence-corrected chi connectivity index (χ0v) is 46.2. The zero-order chi connectivity index (χ0) is 53.1. The Morgan fingerprint density at radius 2 is 1.04 bits per heavy atom. The average molecular weight is 1030 g/mol. The molecule has 1 amide bonds. The third-order valence-electron chi connectivity index (χ3n) is 17.0. The summed E-state index contributed by atoms with van der Waals surface area (Å²) >= 11 is 0. The van der Waals surface area contributed by atoms with E-state index < -0.39 is 0 Å². The average Bonchev–Trinajstić information content (AvgIpc) is 3.93. The van der Waals surface area contributed by atoms with Gasteiger partial charge in [0.15, 0.2) is 13.2 Å². The molecule has 10 atom stereocenters. The Morgan fingerprint density at radius 3 is 1.52 bits per heavy atom. The molecule has 2 saturated carbocycles. The highest BCUT2D eigenvalue weighted by Crippen LogP contribution is 2.51. The minimum absolute atomic E-state index is 0.0561. The molecule has 0 heterocycles. The maximum atomic E-state index is 12.6. The largest absolute Gasteiger partial charge is 0.482 e. The lowest BCUT2D eigenvalue weighted by molar-refractivity contribution is -0.148. The zero-order valence-electron chi connectivity index (χ0n) is 46.2. The molecule has 10 heteroatoms. The second-order valence-corrected chi connectivity index (χ2v) is 22.9. The lowest BCUT2D eigenvalue weighted by atomic mass is 9.73. The molecule has 0 radical (unpaired) electrons. The molecule has 408 valence electrons. The van der Waals surface area contributed by atoms with E-state index in [0.717, 1.165) is 79.9 Å². The minimum Gasteiger partial charge on any atom is -0.482 e. The number of aliphatic hydroxyl groups excluding tert-OH is 1. The fourth-order valence-electron chi connectivity index (χ4n) is 12.8. The van der Waals surface area contributed by atoms with E-state index in [9.17, 15) is 19.5 Å². The lowest BCUT2D eigenvalue weighted by Gasteiger charge is -2.33. The molecular formula is C65H89NO9.